The summed E-state index contributed by atoms with van der Waals surface area (Å²) < 4.78 is 10.4. The van der Waals surface area contributed by atoms with Gasteiger partial charge in [-0.2, -0.15) is 0 Å². The largest absolute Gasteiger partial charge is 0.497 e. The fourth-order valence-electron chi connectivity index (χ4n) is 2.94. The van der Waals surface area contributed by atoms with E-state index >= 15 is 0 Å². The lowest BCUT2D eigenvalue weighted by atomic mass is 10.1. The van der Waals surface area contributed by atoms with Gasteiger partial charge in [0.05, 0.1) is 19.8 Å². The monoisotopic (exact) mass is 334 g/mol. The van der Waals surface area contributed by atoms with Crippen LogP contribution in [0.15, 0.2) is 18.2 Å². The molecular formula is C18H26N2O4. The molecular weight excluding hydrogens is 308 g/mol. The van der Waals surface area contributed by atoms with E-state index in [0.29, 0.717) is 36.4 Å². The van der Waals surface area contributed by atoms with Crippen molar-refractivity contribution in [1.82, 2.24) is 10.2 Å². The number of ether oxygens (including phenoxy) is 2. The van der Waals surface area contributed by atoms with Gasteiger partial charge in [-0.1, -0.05) is 6.92 Å². The van der Waals surface area contributed by atoms with Crippen LogP contribution in [0.2, 0.25) is 0 Å². The minimum Gasteiger partial charge on any atom is -0.497 e. The highest BCUT2D eigenvalue weighted by atomic mass is 16.5. The summed E-state index contributed by atoms with van der Waals surface area (Å²) in [6.45, 7) is 3.54. The Morgan fingerprint density at radius 1 is 1.29 bits per heavy atom. The summed E-state index contributed by atoms with van der Waals surface area (Å²) in [6, 6.07) is 5.11. The van der Waals surface area contributed by atoms with Gasteiger partial charge in [0.2, 0.25) is 5.91 Å². The second-order valence-electron chi connectivity index (χ2n) is 5.94. The summed E-state index contributed by atoms with van der Waals surface area (Å²) in [5.74, 6) is 1.11. The van der Waals surface area contributed by atoms with E-state index in [-0.39, 0.29) is 17.9 Å². The maximum absolute atomic E-state index is 12.6. The fourth-order valence-corrected chi connectivity index (χ4v) is 2.94. The number of methoxy groups -OCH3 is 2. The topological polar surface area (TPSA) is 67.9 Å². The predicted octanol–water partition coefficient (Wildman–Crippen LogP) is 2.22. The Morgan fingerprint density at radius 2 is 2.08 bits per heavy atom. The summed E-state index contributed by atoms with van der Waals surface area (Å²) in [4.78, 5) is 26.5. The zero-order valence-electron chi connectivity index (χ0n) is 14.6. The lowest BCUT2D eigenvalue weighted by Crippen LogP contribution is -2.36. The number of nitrogens with zero attached hydrogens (tertiary/aromatic N) is 1. The normalized spacial score (nSPS) is 18.0. The first-order valence-corrected chi connectivity index (χ1v) is 8.39. The Labute approximate surface area is 143 Å². The van der Waals surface area contributed by atoms with Crippen LogP contribution < -0.4 is 14.8 Å². The van der Waals surface area contributed by atoms with Crippen LogP contribution in [0.5, 0.6) is 11.5 Å². The van der Waals surface area contributed by atoms with Crippen molar-refractivity contribution in [3.8, 4) is 11.5 Å². The first-order valence-electron chi connectivity index (χ1n) is 8.39. The highest BCUT2D eigenvalue weighted by Gasteiger charge is 2.24. The smallest absolute Gasteiger partial charge is 0.255 e. The maximum atomic E-state index is 12.6. The standard InChI is InChI=1S/C18H26N2O4/c1-4-10-20-11-9-13(5-8-17(20)21)19-18(22)15-7-6-14(23-2)12-16(15)24-3/h6-7,12-13H,4-5,8-11H2,1-3H3,(H,19,22). The van der Waals surface area contributed by atoms with Gasteiger partial charge in [0, 0.05) is 31.6 Å². The lowest BCUT2D eigenvalue weighted by Gasteiger charge is -2.20. The fraction of sp³-hybridized carbons (Fsp3) is 0.556. The zero-order valence-corrected chi connectivity index (χ0v) is 14.6. The number of carbonyl (C=O) groups is 2. The van der Waals surface area contributed by atoms with Crippen LogP contribution >= 0.6 is 0 Å². The molecule has 0 aromatic heterocycles. The Kier molecular flexibility index (Phi) is 6.46. The van der Waals surface area contributed by atoms with Gasteiger partial charge < -0.3 is 19.7 Å². The van der Waals surface area contributed by atoms with Crippen molar-refractivity contribution in [1.29, 1.82) is 0 Å². The molecule has 24 heavy (non-hydrogen) atoms. The summed E-state index contributed by atoms with van der Waals surface area (Å²) >= 11 is 0. The Hall–Kier alpha value is -2.24. The summed E-state index contributed by atoms with van der Waals surface area (Å²) in [7, 11) is 3.09. The van der Waals surface area contributed by atoms with Crippen molar-refractivity contribution >= 4 is 11.8 Å². The maximum Gasteiger partial charge on any atom is 0.255 e. The van der Waals surface area contributed by atoms with E-state index in [1.54, 1.807) is 25.3 Å². The number of hydrogen-bond donors (Lipinski definition) is 1. The first-order chi connectivity index (χ1) is 11.6. The van der Waals surface area contributed by atoms with Crippen LogP contribution in [0, 0.1) is 0 Å². The van der Waals surface area contributed by atoms with E-state index in [4.69, 9.17) is 9.47 Å². The number of hydrogen-bond acceptors (Lipinski definition) is 4. The molecule has 1 aromatic rings. The SMILES string of the molecule is CCCN1CCC(NC(=O)c2ccc(OC)cc2OC)CCC1=O. The highest BCUT2D eigenvalue weighted by molar-refractivity contribution is 5.97. The quantitative estimate of drug-likeness (QED) is 0.866. The number of likely N-dealkylation sites (tertiary alicyclic amines) is 1. The molecule has 1 saturated heterocycles. The molecule has 1 aliphatic heterocycles. The van der Waals surface area contributed by atoms with Crippen molar-refractivity contribution in [3.05, 3.63) is 23.8 Å². The van der Waals surface area contributed by atoms with Crippen LogP contribution in [-0.4, -0.2) is 50.1 Å². The molecule has 1 atom stereocenters. The molecule has 2 amide bonds. The van der Waals surface area contributed by atoms with Crippen LogP contribution in [0.4, 0.5) is 0 Å². The molecule has 0 bridgehead atoms. The number of benzene rings is 1. The summed E-state index contributed by atoms with van der Waals surface area (Å²) in [6.07, 6.45) is 2.87. The van der Waals surface area contributed by atoms with Gasteiger partial charge in [-0.05, 0) is 31.4 Å². The third-order valence-corrected chi connectivity index (χ3v) is 4.29. The van der Waals surface area contributed by atoms with Gasteiger partial charge in [-0.15, -0.1) is 0 Å². The van der Waals surface area contributed by atoms with Crippen molar-refractivity contribution < 1.29 is 19.1 Å². The first kappa shape index (κ1) is 18.1. The number of carbonyl (C=O) groups excluding carboxylic acids is 2. The van der Waals surface area contributed by atoms with Gasteiger partial charge in [0.1, 0.15) is 11.5 Å². The Balaban J connectivity index is 2.03. The molecule has 132 valence electrons. The molecule has 0 radical (unpaired) electrons. The molecule has 1 N–H and O–H groups in total. The van der Waals surface area contributed by atoms with E-state index in [2.05, 4.69) is 12.2 Å². The number of nitrogens with one attached hydrogen (secondary N) is 1. The van der Waals surface area contributed by atoms with Gasteiger partial charge >= 0.3 is 0 Å². The number of amides is 2. The van der Waals surface area contributed by atoms with Crippen LogP contribution in [0.3, 0.4) is 0 Å². The van der Waals surface area contributed by atoms with Crippen LogP contribution in [0.25, 0.3) is 0 Å². The van der Waals surface area contributed by atoms with Crippen LogP contribution in [0.1, 0.15) is 43.0 Å². The number of rotatable bonds is 6. The third kappa shape index (κ3) is 4.40. The summed E-state index contributed by atoms with van der Waals surface area (Å²) in [5.41, 5.74) is 0.472. The average molecular weight is 334 g/mol. The molecule has 2 rings (SSSR count). The van der Waals surface area contributed by atoms with Gasteiger partial charge in [-0.3, -0.25) is 9.59 Å². The molecule has 1 fully saturated rings. The van der Waals surface area contributed by atoms with Crippen molar-refractivity contribution in [3.63, 3.8) is 0 Å². The van der Waals surface area contributed by atoms with E-state index in [1.165, 1.54) is 7.11 Å². The lowest BCUT2D eigenvalue weighted by molar-refractivity contribution is -0.130. The molecule has 0 aliphatic carbocycles. The molecule has 0 spiro atoms. The molecule has 1 aliphatic rings. The minimum atomic E-state index is -0.184. The van der Waals surface area contributed by atoms with Crippen molar-refractivity contribution in [2.75, 3.05) is 27.3 Å². The average Bonchev–Trinajstić information content (AvgIpc) is 2.77. The van der Waals surface area contributed by atoms with E-state index < -0.39 is 0 Å². The molecule has 6 nitrogen and oxygen atoms in total. The zero-order chi connectivity index (χ0) is 17.5. The Bertz CT molecular complexity index is 588. The van der Waals surface area contributed by atoms with E-state index in [9.17, 15) is 9.59 Å². The molecule has 1 unspecified atom stereocenters. The Morgan fingerprint density at radius 3 is 2.75 bits per heavy atom. The van der Waals surface area contributed by atoms with Crippen molar-refractivity contribution in [2.45, 2.75) is 38.6 Å². The summed E-state index contributed by atoms with van der Waals surface area (Å²) in [5, 5.41) is 3.03. The predicted molar refractivity (Wildman–Crippen MR) is 91.5 cm³/mol. The van der Waals surface area contributed by atoms with Gasteiger partial charge in [0.25, 0.3) is 5.91 Å². The molecule has 0 saturated carbocycles. The molecule has 1 aromatic carbocycles. The second-order valence-corrected chi connectivity index (χ2v) is 5.94. The minimum absolute atomic E-state index is 0.00452. The molecule has 6 heteroatoms. The second kappa shape index (κ2) is 8.57. The third-order valence-electron chi connectivity index (χ3n) is 4.29. The van der Waals surface area contributed by atoms with Crippen molar-refractivity contribution in [2.24, 2.45) is 0 Å². The molecule has 1 heterocycles. The van der Waals surface area contributed by atoms with E-state index in [1.807, 2.05) is 4.90 Å². The van der Waals surface area contributed by atoms with E-state index in [0.717, 1.165) is 19.4 Å². The van der Waals surface area contributed by atoms with Crippen LogP contribution in [-0.2, 0) is 4.79 Å². The van der Waals surface area contributed by atoms with Gasteiger partial charge in [0.15, 0.2) is 0 Å². The van der Waals surface area contributed by atoms with Gasteiger partial charge in [-0.25, -0.2) is 0 Å². The highest BCUT2D eigenvalue weighted by Crippen LogP contribution is 2.25.